The Morgan fingerprint density at radius 3 is 2.60 bits per heavy atom. The molecule has 0 spiro atoms. The molecule has 2 fully saturated rings. The maximum absolute atomic E-state index is 3.69. The lowest BCUT2D eigenvalue weighted by Crippen LogP contribution is -2.44. The van der Waals surface area contributed by atoms with Crippen LogP contribution in [0.5, 0.6) is 0 Å². The van der Waals surface area contributed by atoms with Crippen LogP contribution in [0.2, 0.25) is 0 Å². The fourth-order valence-corrected chi connectivity index (χ4v) is 3.89. The number of nitrogens with zero attached hydrogens (tertiary/aromatic N) is 2. The standard InChI is InChI=1S/C17H35N3/c1-5-18-16(17(2,3)4)9-13-19-10-7-12-20-11-6-8-15(20)14-19/h15-16,18H,5-14H2,1-4H3. The summed E-state index contributed by atoms with van der Waals surface area (Å²) in [5.74, 6) is 0. The van der Waals surface area contributed by atoms with Gasteiger partial charge >= 0.3 is 0 Å². The first kappa shape index (κ1) is 16.3. The second-order valence-corrected chi connectivity index (χ2v) is 7.75. The van der Waals surface area contributed by atoms with Crippen molar-refractivity contribution in [2.45, 2.75) is 65.5 Å². The van der Waals surface area contributed by atoms with E-state index in [1.807, 2.05) is 0 Å². The van der Waals surface area contributed by atoms with Gasteiger partial charge in [0.25, 0.3) is 0 Å². The van der Waals surface area contributed by atoms with E-state index in [1.54, 1.807) is 0 Å². The van der Waals surface area contributed by atoms with E-state index in [4.69, 9.17) is 0 Å². The molecule has 0 radical (unpaired) electrons. The lowest BCUT2D eigenvalue weighted by Gasteiger charge is -2.34. The summed E-state index contributed by atoms with van der Waals surface area (Å²) >= 11 is 0. The molecular weight excluding hydrogens is 246 g/mol. The number of fused-ring (bicyclic) bond motifs is 1. The molecule has 0 aromatic heterocycles. The van der Waals surface area contributed by atoms with Gasteiger partial charge in [-0.2, -0.15) is 0 Å². The lowest BCUT2D eigenvalue weighted by molar-refractivity contribution is 0.189. The predicted octanol–water partition coefficient (Wildman–Crippen LogP) is 2.57. The van der Waals surface area contributed by atoms with Crippen molar-refractivity contribution in [2.24, 2.45) is 5.41 Å². The van der Waals surface area contributed by atoms with Gasteiger partial charge in [-0.3, -0.25) is 4.90 Å². The normalized spacial score (nSPS) is 27.3. The Morgan fingerprint density at radius 1 is 1.15 bits per heavy atom. The molecule has 0 saturated carbocycles. The van der Waals surface area contributed by atoms with Crippen LogP contribution in [-0.2, 0) is 0 Å². The number of rotatable bonds is 5. The van der Waals surface area contributed by atoms with Crippen molar-refractivity contribution in [2.75, 3.05) is 39.3 Å². The van der Waals surface area contributed by atoms with E-state index in [9.17, 15) is 0 Å². The van der Waals surface area contributed by atoms with Crippen molar-refractivity contribution < 1.29 is 0 Å². The highest BCUT2D eigenvalue weighted by Crippen LogP contribution is 2.24. The van der Waals surface area contributed by atoms with E-state index in [2.05, 4.69) is 42.8 Å². The van der Waals surface area contributed by atoms with Gasteiger partial charge in [0, 0.05) is 18.6 Å². The van der Waals surface area contributed by atoms with Crippen molar-refractivity contribution in [3.8, 4) is 0 Å². The van der Waals surface area contributed by atoms with Crippen LogP contribution in [0.3, 0.4) is 0 Å². The van der Waals surface area contributed by atoms with Gasteiger partial charge in [0.2, 0.25) is 0 Å². The minimum atomic E-state index is 0.362. The highest BCUT2D eigenvalue weighted by Gasteiger charge is 2.29. The third-order valence-electron chi connectivity index (χ3n) is 5.12. The van der Waals surface area contributed by atoms with Crippen LogP contribution < -0.4 is 5.32 Å². The Morgan fingerprint density at radius 2 is 1.90 bits per heavy atom. The minimum absolute atomic E-state index is 0.362. The molecule has 2 atom stereocenters. The van der Waals surface area contributed by atoms with E-state index in [1.165, 1.54) is 58.4 Å². The van der Waals surface area contributed by atoms with Gasteiger partial charge in [-0.1, -0.05) is 27.7 Å². The first-order valence-electron chi connectivity index (χ1n) is 8.70. The van der Waals surface area contributed by atoms with E-state index in [0.717, 1.165) is 12.6 Å². The van der Waals surface area contributed by atoms with Crippen LogP contribution in [0.25, 0.3) is 0 Å². The van der Waals surface area contributed by atoms with Crippen molar-refractivity contribution in [3.05, 3.63) is 0 Å². The van der Waals surface area contributed by atoms with Crippen LogP contribution in [0.15, 0.2) is 0 Å². The first-order valence-corrected chi connectivity index (χ1v) is 8.70. The third kappa shape index (κ3) is 4.44. The van der Waals surface area contributed by atoms with Gasteiger partial charge in [-0.25, -0.2) is 0 Å². The molecule has 0 amide bonds. The van der Waals surface area contributed by atoms with Crippen molar-refractivity contribution in [3.63, 3.8) is 0 Å². The van der Waals surface area contributed by atoms with Crippen molar-refractivity contribution in [1.82, 2.24) is 15.1 Å². The van der Waals surface area contributed by atoms with E-state index >= 15 is 0 Å². The van der Waals surface area contributed by atoms with Crippen molar-refractivity contribution in [1.29, 1.82) is 0 Å². The van der Waals surface area contributed by atoms with Crippen LogP contribution >= 0.6 is 0 Å². The molecule has 0 bridgehead atoms. The van der Waals surface area contributed by atoms with E-state index in [0.29, 0.717) is 11.5 Å². The van der Waals surface area contributed by atoms with Crippen LogP contribution in [0.4, 0.5) is 0 Å². The largest absolute Gasteiger partial charge is 0.314 e. The Hall–Kier alpha value is -0.120. The average molecular weight is 281 g/mol. The molecular formula is C17H35N3. The number of hydrogen-bond acceptors (Lipinski definition) is 3. The van der Waals surface area contributed by atoms with Gasteiger partial charge in [-0.05, 0) is 63.8 Å². The molecule has 1 N–H and O–H groups in total. The fraction of sp³-hybridized carbons (Fsp3) is 1.00. The monoisotopic (exact) mass is 281 g/mol. The highest BCUT2D eigenvalue weighted by molar-refractivity contribution is 4.86. The van der Waals surface area contributed by atoms with Crippen LogP contribution in [-0.4, -0.2) is 61.2 Å². The summed E-state index contributed by atoms with van der Waals surface area (Å²) in [5.41, 5.74) is 0.362. The highest BCUT2D eigenvalue weighted by atomic mass is 15.3. The zero-order chi connectivity index (χ0) is 14.6. The number of nitrogens with one attached hydrogen (secondary N) is 1. The SMILES string of the molecule is CCNC(CCN1CCCN2CCCC2C1)C(C)(C)C. The quantitative estimate of drug-likeness (QED) is 0.835. The summed E-state index contributed by atoms with van der Waals surface area (Å²) in [4.78, 5) is 5.46. The second-order valence-electron chi connectivity index (χ2n) is 7.75. The first-order chi connectivity index (χ1) is 9.50. The molecule has 3 nitrogen and oxygen atoms in total. The topological polar surface area (TPSA) is 18.5 Å². The molecule has 0 aliphatic carbocycles. The molecule has 0 aromatic carbocycles. The summed E-state index contributed by atoms with van der Waals surface area (Å²) in [6, 6.07) is 1.49. The van der Waals surface area contributed by atoms with Gasteiger partial charge in [0.15, 0.2) is 0 Å². The summed E-state index contributed by atoms with van der Waals surface area (Å²) in [5, 5.41) is 3.69. The van der Waals surface area contributed by atoms with Gasteiger partial charge < -0.3 is 10.2 Å². The number of hydrogen-bond donors (Lipinski definition) is 1. The maximum atomic E-state index is 3.69. The van der Waals surface area contributed by atoms with Crippen LogP contribution in [0, 0.1) is 5.41 Å². The molecule has 2 aliphatic heterocycles. The molecule has 2 heterocycles. The Kier molecular flexibility index (Phi) is 5.88. The van der Waals surface area contributed by atoms with Crippen molar-refractivity contribution >= 4 is 0 Å². The van der Waals surface area contributed by atoms with Crippen LogP contribution in [0.1, 0.15) is 53.4 Å². The average Bonchev–Trinajstić information content (AvgIpc) is 2.71. The molecule has 2 aliphatic rings. The third-order valence-corrected chi connectivity index (χ3v) is 5.12. The Balaban J connectivity index is 1.82. The van der Waals surface area contributed by atoms with Gasteiger partial charge in [0.1, 0.15) is 0 Å². The zero-order valence-corrected chi connectivity index (χ0v) is 14.1. The maximum Gasteiger partial charge on any atom is 0.0223 e. The summed E-state index contributed by atoms with van der Waals surface area (Å²) in [7, 11) is 0. The smallest absolute Gasteiger partial charge is 0.0223 e. The molecule has 0 aromatic rings. The Labute approximate surface area is 126 Å². The summed E-state index contributed by atoms with van der Waals surface area (Å²) < 4.78 is 0. The molecule has 2 saturated heterocycles. The zero-order valence-electron chi connectivity index (χ0n) is 14.1. The van der Waals surface area contributed by atoms with Gasteiger partial charge in [-0.15, -0.1) is 0 Å². The van der Waals surface area contributed by atoms with E-state index in [-0.39, 0.29) is 0 Å². The second kappa shape index (κ2) is 7.24. The van der Waals surface area contributed by atoms with E-state index < -0.39 is 0 Å². The summed E-state index contributed by atoms with van der Waals surface area (Å²) in [6.45, 7) is 16.9. The molecule has 20 heavy (non-hydrogen) atoms. The fourth-order valence-electron chi connectivity index (χ4n) is 3.89. The predicted molar refractivity (Wildman–Crippen MR) is 87.2 cm³/mol. The Bertz CT molecular complexity index is 284. The minimum Gasteiger partial charge on any atom is -0.314 e. The molecule has 118 valence electrons. The summed E-state index contributed by atoms with van der Waals surface area (Å²) in [6.07, 6.45) is 5.48. The van der Waals surface area contributed by atoms with Gasteiger partial charge in [0.05, 0.1) is 0 Å². The molecule has 3 heteroatoms. The molecule has 2 unspecified atom stereocenters. The lowest BCUT2D eigenvalue weighted by atomic mass is 9.84. The molecule has 2 rings (SSSR count).